The molecule has 0 fully saturated rings. The third-order valence-electron chi connectivity index (χ3n) is 3.78. The van der Waals surface area contributed by atoms with Gasteiger partial charge in [-0.2, -0.15) is 5.26 Å². The molecular formula is C17H12N4O2S. The van der Waals surface area contributed by atoms with Crippen molar-refractivity contribution < 1.29 is 4.42 Å². The Morgan fingerprint density at radius 1 is 1.21 bits per heavy atom. The minimum absolute atomic E-state index is 0.00390. The van der Waals surface area contributed by atoms with E-state index in [-0.39, 0.29) is 11.1 Å². The molecular weight excluding hydrogens is 324 g/mol. The molecule has 0 spiro atoms. The van der Waals surface area contributed by atoms with Crippen molar-refractivity contribution >= 4 is 17.4 Å². The van der Waals surface area contributed by atoms with E-state index < -0.39 is 0 Å². The third kappa shape index (κ3) is 2.37. The van der Waals surface area contributed by atoms with Crippen molar-refractivity contribution in [2.24, 2.45) is 0 Å². The first kappa shape index (κ1) is 14.6. The largest absolute Gasteiger partial charge is 0.463 e. The second kappa shape index (κ2) is 5.91. The maximum Gasteiger partial charge on any atom is 0.274 e. The first-order valence-electron chi connectivity index (χ1n) is 7.29. The quantitative estimate of drug-likeness (QED) is 0.670. The molecule has 0 radical (unpaired) electrons. The van der Waals surface area contributed by atoms with Crippen LogP contribution in [0.1, 0.15) is 5.56 Å². The van der Waals surface area contributed by atoms with Crippen LogP contribution in [0, 0.1) is 11.3 Å². The second-order valence-corrected chi connectivity index (χ2v) is 6.14. The number of para-hydroxylation sites is 1. The number of furan rings is 1. The average molecular weight is 336 g/mol. The molecule has 0 atom stereocenters. The van der Waals surface area contributed by atoms with Crippen LogP contribution in [-0.2, 0) is 6.67 Å². The Kier molecular flexibility index (Phi) is 3.59. The van der Waals surface area contributed by atoms with Crippen molar-refractivity contribution in [1.29, 1.82) is 5.26 Å². The van der Waals surface area contributed by atoms with Crippen LogP contribution < -0.4 is 10.5 Å². The fraction of sp³-hybridized carbons (Fsp3) is 0.118. The average Bonchev–Trinajstić information content (AvgIpc) is 3.16. The van der Waals surface area contributed by atoms with Crippen LogP contribution in [0.5, 0.6) is 0 Å². The standard InChI is InChI=1S/C17H12N4O2S/c18-9-13-15(14-7-4-8-23-14)19-17-21(16(13)22)10-20(11-24-17)12-5-2-1-3-6-12/h1-8H,10-11H2. The Morgan fingerprint density at radius 3 is 2.75 bits per heavy atom. The molecule has 0 aliphatic carbocycles. The summed E-state index contributed by atoms with van der Waals surface area (Å²) in [6.07, 6.45) is 1.50. The lowest BCUT2D eigenvalue weighted by Gasteiger charge is -2.30. The zero-order valence-electron chi connectivity index (χ0n) is 12.5. The maximum atomic E-state index is 12.8. The van der Waals surface area contributed by atoms with Crippen molar-refractivity contribution in [1.82, 2.24) is 9.55 Å². The van der Waals surface area contributed by atoms with E-state index in [1.807, 2.05) is 36.4 Å². The van der Waals surface area contributed by atoms with Gasteiger partial charge < -0.3 is 9.32 Å². The number of fused-ring (bicyclic) bond motifs is 1. The van der Waals surface area contributed by atoms with Gasteiger partial charge in [0.1, 0.15) is 24.0 Å². The number of thioether (sulfide) groups is 1. The zero-order chi connectivity index (χ0) is 16.5. The fourth-order valence-electron chi connectivity index (χ4n) is 2.60. The number of benzene rings is 1. The number of hydrogen-bond acceptors (Lipinski definition) is 6. The highest BCUT2D eigenvalue weighted by Gasteiger charge is 2.24. The van der Waals surface area contributed by atoms with Crippen molar-refractivity contribution in [3.05, 3.63) is 64.6 Å². The SMILES string of the molecule is N#Cc1c(-c2ccco2)nc2n(c1=O)CN(c1ccccc1)CS2. The zero-order valence-corrected chi connectivity index (χ0v) is 13.4. The molecule has 1 aliphatic heterocycles. The van der Waals surface area contributed by atoms with Gasteiger partial charge in [-0.3, -0.25) is 9.36 Å². The summed E-state index contributed by atoms with van der Waals surface area (Å²) in [4.78, 5) is 19.3. The van der Waals surface area contributed by atoms with Crippen molar-refractivity contribution in [2.75, 3.05) is 10.8 Å². The highest BCUT2D eigenvalue weighted by atomic mass is 32.2. The van der Waals surface area contributed by atoms with E-state index in [4.69, 9.17) is 4.42 Å². The van der Waals surface area contributed by atoms with Gasteiger partial charge in [0.05, 0.1) is 12.1 Å². The molecule has 3 aromatic rings. The Morgan fingerprint density at radius 2 is 2.04 bits per heavy atom. The van der Waals surface area contributed by atoms with E-state index in [2.05, 4.69) is 9.88 Å². The minimum Gasteiger partial charge on any atom is -0.463 e. The molecule has 0 saturated carbocycles. The van der Waals surface area contributed by atoms with E-state index in [9.17, 15) is 10.1 Å². The summed E-state index contributed by atoms with van der Waals surface area (Å²) in [5, 5.41) is 10.0. The van der Waals surface area contributed by atoms with E-state index in [1.165, 1.54) is 22.6 Å². The molecule has 0 amide bonds. The first-order valence-corrected chi connectivity index (χ1v) is 8.28. The molecule has 2 aromatic heterocycles. The van der Waals surface area contributed by atoms with Gasteiger partial charge in [0.25, 0.3) is 5.56 Å². The van der Waals surface area contributed by atoms with Crippen LogP contribution in [0.4, 0.5) is 5.69 Å². The number of rotatable bonds is 2. The summed E-state index contributed by atoms with van der Waals surface area (Å²) in [5.74, 6) is 1.11. The van der Waals surface area contributed by atoms with Crippen LogP contribution in [0.2, 0.25) is 0 Å². The summed E-state index contributed by atoms with van der Waals surface area (Å²) in [6.45, 7) is 0.366. The molecule has 24 heavy (non-hydrogen) atoms. The minimum atomic E-state index is -0.345. The first-order chi connectivity index (χ1) is 11.8. The monoisotopic (exact) mass is 336 g/mol. The van der Waals surface area contributed by atoms with Crippen molar-refractivity contribution in [3.8, 4) is 17.5 Å². The lowest BCUT2D eigenvalue weighted by atomic mass is 10.2. The molecule has 118 valence electrons. The van der Waals surface area contributed by atoms with Gasteiger partial charge in [0, 0.05) is 5.69 Å². The molecule has 7 heteroatoms. The smallest absolute Gasteiger partial charge is 0.274 e. The Labute approximate surface area is 142 Å². The number of hydrogen-bond donors (Lipinski definition) is 0. The molecule has 0 bridgehead atoms. The normalized spacial score (nSPS) is 13.4. The van der Waals surface area contributed by atoms with E-state index >= 15 is 0 Å². The summed E-state index contributed by atoms with van der Waals surface area (Å²) >= 11 is 1.46. The van der Waals surface area contributed by atoms with Gasteiger partial charge in [0.15, 0.2) is 10.9 Å². The van der Waals surface area contributed by atoms with Crippen LogP contribution in [0.25, 0.3) is 11.5 Å². The molecule has 4 rings (SSSR count). The van der Waals surface area contributed by atoms with Gasteiger partial charge in [0.2, 0.25) is 0 Å². The van der Waals surface area contributed by atoms with Crippen LogP contribution in [0.15, 0.2) is 63.1 Å². The van der Waals surface area contributed by atoms with Crippen LogP contribution in [0.3, 0.4) is 0 Å². The predicted octanol–water partition coefficient (Wildman–Crippen LogP) is 2.90. The highest BCUT2D eigenvalue weighted by Crippen LogP contribution is 2.29. The molecule has 0 unspecified atom stereocenters. The maximum absolute atomic E-state index is 12.8. The molecule has 3 heterocycles. The number of nitrogens with zero attached hydrogens (tertiary/aromatic N) is 4. The molecule has 1 aromatic carbocycles. The molecule has 0 saturated heterocycles. The van der Waals surface area contributed by atoms with Crippen LogP contribution in [-0.4, -0.2) is 15.4 Å². The summed E-state index contributed by atoms with van der Waals surface area (Å²) in [6, 6.07) is 15.2. The number of aromatic nitrogens is 2. The summed E-state index contributed by atoms with van der Waals surface area (Å²) < 4.78 is 6.85. The second-order valence-electron chi connectivity index (χ2n) is 5.23. The predicted molar refractivity (Wildman–Crippen MR) is 90.6 cm³/mol. The van der Waals surface area contributed by atoms with Gasteiger partial charge in [-0.15, -0.1) is 0 Å². The Hall–Kier alpha value is -2.98. The topological polar surface area (TPSA) is 75.1 Å². The van der Waals surface area contributed by atoms with Crippen LogP contribution >= 0.6 is 11.8 Å². The summed E-state index contributed by atoms with van der Waals surface area (Å²) in [5.41, 5.74) is 0.988. The molecule has 6 nitrogen and oxygen atoms in total. The number of nitriles is 1. The van der Waals surface area contributed by atoms with Gasteiger partial charge in [-0.05, 0) is 24.3 Å². The third-order valence-corrected chi connectivity index (χ3v) is 4.79. The van der Waals surface area contributed by atoms with E-state index in [0.717, 1.165) is 5.69 Å². The van der Waals surface area contributed by atoms with Crippen molar-refractivity contribution in [3.63, 3.8) is 0 Å². The Balaban J connectivity index is 1.80. The lowest BCUT2D eigenvalue weighted by Crippen LogP contribution is -2.38. The summed E-state index contributed by atoms with van der Waals surface area (Å²) in [7, 11) is 0. The highest BCUT2D eigenvalue weighted by molar-refractivity contribution is 7.99. The fourth-order valence-corrected chi connectivity index (χ4v) is 3.56. The van der Waals surface area contributed by atoms with Gasteiger partial charge >= 0.3 is 0 Å². The molecule has 0 N–H and O–H groups in total. The number of anilines is 1. The van der Waals surface area contributed by atoms with E-state index in [0.29, 0.717) is 29.2 Å². The lowest BCUT2D eigenvalue weighted by molar-refractivity contribution is 0.548. The van der Waals surface area contributed by atoms with Gasteiger partial charge in [-0.25, -0.2) is 4.98 Å². The molecule has 1 aliphatic rings. The van der Waals surface area contributed by atoms with E-state index in [1.54, 1.807) is 12.1 Å². The Bertz CT molecular complexity index is 974. The van der Waals surface area contributed by atoms with Gasteiger partial charge in [-0.1, -0.05) is 30.0 Å². The van der Waals surface area contributed by atoms with Crippen molar-refractivity contribution in [2.45, 2.75) is 11.8 Å².